The Morgan fingerprint density at radius 2 is 2.00 bits per heavy atom. The van der Waals surface area contributed by atoms with Crippen LogP contribution >= 0.6 is 0 Å². The molecule has 3 unspecified atom stereocenters. The van der Waals surface area contributed by atoms with Gasteiger partial charge in [-0.15, -0.1) is 0 Å². The van der Waals surface area contributed by atoms with Gasteiger partial charge < -0.3 is 10.4 Å². The number of carbonyl (C=O) groups excluding carboxylic acids is 1. The van der Waals surface area contributed by atoms with Crippen LogP contribution in [-0.2, 0) is 4.79 Å². The van der Waals surface area contributed by atoms with Gasteiger partial charge in [-0.05, 0) is 31.6 Å². The average molecular weight is 199 g/mol. The number of hydrogen-bond acceptors (Lipinski definition) is 2. The minimum absolute atomic E-state index is 0.0636. The van der Waals surface area contributed by atoms with E-state index in [0.29, 0.717) is 5.92 Å². The second-order valence-corrected chi connectivity index (χ2v) is 4.58. The van der Waals surface area contributed by atoms with E-state index in [2.05, 4.69) is 5.32 Å². The standard InChI is InChI=1S/C11H21NO2/c1-7(6-13)9(3)12-11(14)8(2)10-4-5-10/h7-10,13H,4-6H2,1-3H3,(H,12,14). The van der Waals surface area contributed by atoms with Crippen LogP contribution in [-0.4, -0.2) is 23.7 Å². The number of aliphatic hydroxyl groups excluding tert-OH is 1. The lowest BCUT2D eigenvalue weighted by Gasteiger charge is -2.21. The Morgan fingerprint density at radius 3 is 2.43 bits per heavy atom. The van der Waals surface area contributed by atoms with E-state index in [-0.39, 0.29) is 30.4 Å². The van der Waals surface area contributed by atoms with Crippen molar-refractivity contribution >= 4 is 5.91 Å². The normalized spacial score (nSPS) is 22.6. The molecule has 1 aliphatic carbocycles. The molecular formula is C11H21NO2. The first kappa shape index (κ1) is 11.5. The third kappa shape index (κ3) is 2.98. The van der Waals surface area contributed by atoms with Crippen molar-refractivity contribution in [3.8, 4) is 0 Å². The highest BCUT2D eigenvalue weighted by molar-refractivity contribution is 5.79. The number of rotatable bonds is 5. The van der Waals surface area contributed by atoms with Gasteiger partial charge in [-0.3, -0.25) is 4.79 Å². The highest BCUT2D eigenvalue weighted by Gasteiger charge is 2.33. The topological polar surface area (TPSA) is 49.3 Å². The summed E-state index contributed by atoms with van der Waals surface area (Å²) < 4.78 is 0. The van der Waals surface area contributed by atoms with Gasteiger partial charge in [0.25, 0.3) is 0 Å². The number of nitrogens with one attached hydrogen (secondary N) is 1. The predicted molar refractivity (Wildman–Crippen MR) is 55.7 cm³/mol. The quantitative estimate of drug-likeness (QED) is 0.698. The third-order valence-electron chi connectivity index (χ3n) is 3.25. The largest absolute Gasteiger partial charge is 0.396 e. The molecule has 0 aromatic carbocycles. The maximum absolute atomic E-state index is 11.7. The van der Waals surface area contributed by atoms with Gasteiger partial charge in [-0.1, -0.05) is 13.8 Å². The van der Waals surface area contributed by atoms with Crippen molar-refractivity contribution in [3.05, 3.63) is 0 Å². The summed E-state index contributed by atoms with van der Waals surface area (Å²) in [5.41, 5.74) is 0. The van der Waals surface area contributed by atoms with E-state index < -0.39 is 0 Å². The van der Waals surface area contributed by atoms with E-state index in [4.69, 9.17) is 5.11 Å². The Labute approximate surface area is 85.9 Å². The number of carbonyl (C=O) groups is 1. The molecule has 0 aliphatic heterocycles. The molecule has 0 saturated heterocycles. The van der Waals surface area contributed by atoms with Gasteiger partial charge in [0.2, 0.25) is 5.91 Å². The van der Waals surface area contributed by atoms with Crippen LogP contribution in [0.5, 0.6) is 0 Å². The zero-order chi connectivity index (χ0) is 10.7. The Hall–Kier alpha value is -0.570. The molecule has 0 bridgehead atoms. The van der Waals surface area contributed by atoms with Gasteiger partial charge in [0, 0.05) is 18.6 Å². The molecule has 0 heterocycles. The first-order chi connectivity index (χ1) is 6.56. The van der Waals surface area contributed by atoms with Gasteiger partial charge in [0.15, 0.2) is 0 Å². The molecule has 1 saturated carbocycles. The number of hydrogen-bond donors (Lipinski definition) is 2. The summed E-state index contributed by atoms with van der Waals surface area (Å²) >= 11 is 0. The second-order valence-electron chi connectivity index (χ2n) is 4.58. The SMILES string of the molecule is CC(CO)C(C)NC(=O)C(C)C1CC1. The van der Waals surface area contributed by atoms with Crippen LogP contribution in [0.4, 0.5) is 0 Å². The van der Waals surface area contributed by atoms with E-state index in [1.54, 1.807) is 0 Å². The summed E-state index contributed by atoms with van der Waals surface area (Å²) in [5, 5.41) is 11.9. The van der Waals surface area contributed by atoms with Crippen molar-refractivity contribution in [3.63, 3.8) is 0 Å². The van der Waals surface area contributed by atoms with Gasteiger partial charge in [0.1, 0.15) is 0 Å². The minimum atomic E-state index is 0.0636. The van der Waals surface area contributed by atoms with Crippen molar-refractivity contribution in [2.24, 2.45) is 17.8 Å². The Bertz CT molecular complexity index is 201. The van der Waals surface area contributed by atoms with Gasteiger partial charge >= 0.3 is 0 Å². The predicted octanol–water partition coefficient (Wildman–Crippen LogP) is 1.17. The molecule has 0 aromatic heterocycles. The molecule has 0 spiro atoms. The molecule has 3 heteroatoms. The number of aliphatic hydroxyl groups is 1. The molecule has 1 aliphatic rings. The minimum Gasteiger partial charge on any atom is -0.396 e. The maximum atomic E-state index is 11.7. The van der Waals surface area contributed by atoms with Gasteiger partial charge in [0.05, 0.1) is 0 Å². The highest BCUT2D eigenvalue weighted by atomic mass is 16.3. The highest BCUT2D eigenvalue weighted by Crippen LogP contribution is 2.36. The summed E-state index contributed by atoms with van der Waals surface area (Å²) in [7, 11) is 0. The fraction of sp³-hybridized carbons (Fsp3) is 0.909. The molecule has 1 rings (SSSR count). The molecule has 82 valence electrons. The van der Waals surface area contributed by atoms with E-state index in [9.17, 15) is 4.79 Å². The lowest BCUT2D eigenvalue weighted by molar-refractivity contribution is -0.126. The average Bonchev–Trinajstić information content (AvgIpc) is 2.98. The Kier molecular flexibility index (Phi) is 3.93. The Morgan fingerprint density at radius 1 is 1.43 bits per heavy atom. The van der Waals surface area contributed by atoms with E-state index in [0.717, 1.165) is 0 Å². The molecule has 3 nitrogen and oxygen atoms in total. The summed E-state index contributed by atoms with van der Waals surface area (Å²) in [6.45, 7) is 5.99. The van der Waals surface area contributed by atoms with E-state index >= 15 is 0 Å². The van der Waals surface area contributed by atoms with Crippen LogP contribution in [0.1, 0.15) is 33.6 Å². The molecule has 0 radical (unpaired) electrons. The zero-order valence-corrected chi connectivity index (χ0v) is 9.29. The molecule has 3 atom stereocenters. The van der Waals surface area contributed by atoms with E-state index in [1.807, 2.05) is 20.8 Å². The van der Waals surface area contributed by atoms with Crippen molar-refractivity contribution in [1.29, 1.82) is 0 Å². The summed E-state index contributed by atoms with van der Waals surface area (Å²) in [6, 6.07) is 0.0636. The maximum Gasteiger partial charge on any atom is 0.223 e. The fourth-order valence-electron chi connectivity index (χ4n) is 1.47. The summed E-state index contributed by atoms with van der Waals surface area (Å²) in [4.78, 5) is 11.7. The zero-order valence-electron chi connectivity index (χ0n) is 9.29. The lowest BCUT2D eigenvalue weighted by atomic mass is 10.0. The fourth-order valence-corrected chi connectivity index (χ4v) is 1.47. The van der Waals surface area contributed by atoms with Crippen LogP contribution in [0.3, 0.4) is 0 Å². The molecule has 14 heavy (non-hydrogen) atoms. The van der Waals surface area contributed by atoms with Crippen molar-refractivity contribution in [2.75, 3.05) is 6.61 Å². The number of amides is 1. The lowest BCUT2D eigenvalue weighted by Crippen LogP contribution is -2.41. The van der Waals surface area contributed by atoms with Crippen molar-refractivity contribution in [2.45, 2.75) is 39.7 Å². The van der Waals surface area contributed by atoms with Crippen LogP contribution in [0.25, 0.3) is 0 Å². The van der Waals surface area contributed by atoms with Gasteiger partial charge in [-0.2, -0.15) is 0 Å². The van der Waals surface area contributed by atoms with Crippen molar-refractivity contribution < 1.29 is 9.90 Å². The summed E-state index contributed by atoms with van der Waals surface area (Å²) in [6.07, 6.45) is 2.39. The summed E-state index contributed by atoms with van der Waals surface area (Å²) in [5.74, 6) is 1.01. The van der Waals surface area contributed by atoms with Crippen LogP contribution in [0, 0.1) is 17.8 Å². The monoisotopic (exact) mass is 199 g/mol. The third-order valence-corrected chi connectivity index (χ3v) is 3.25. The van der Waals surface area contributed by atoms with Crippen LogP contribution in [0.2, 0.25) is 0 Å². The smallest absolute Gasteiger partial charge is 0.223 e. The van der Waals surface area contributed by atoms with E-state index in [1.165, 1.54) is 12.8 Å². The van der Waals surface area contributed by atoms with Gasteiger partial charge in [-0.25, -0.2) is 0 Å². The molecule has 0 aromatic rings. The van der Waals surface area contributed by atoms with Crippen LogP contribution < -0.4 is 5.32 Å². The first-order valence-corrected chi connectivity index (χ1v) is 5.47. The molecule has 2 N–H and O–H groups in total. The van der Waals surface area contributed by atoms with Crippen LogP contribution in [0.15, 0.2) is 0 Å². The molecule has 1 fully saturated rings. The van der Waals surface area contributed by atoms with Crippen molar-refractivity contribution in [1.82, 2.24) is 5.32 Å². The molecular weight excluding hydrogens is 178 g/mol. The second kappa shape index (κ2) is 4.78. The molecule has 1 amide bonds. The Balaban J connectivity index is 2.31. The first-order valence-electron chi connectivity index (χ1n) is 5.47.